The van der Waals surface area contributed by atoms with Crippen molar-refractivity contribution in [3.63, 3.8) is 0 Å². The summed E-state index contributed by atoms with van der Waals surface area (Å²) in [6.07, 6.45) is 7.57. The van der Waals surface area contributed by atoms with Gasteiger partial charge in [0.1, 0.15) is 0 Å². The van der Waals surface area contributed by atoms with Crippen LogP contribution in [0.15, 0.2) is 29.2 Å². The predicted octanol–water partition coefficient (Wildman–Crippen LogP) is 3.77. The number of carbonyl (C=O) groups is 1. The number of nitrogens with one attached hydrogen (secondary N) is 1. The highest BCUT2D eigenvalue weighted by Gasteiger charge is 2.53. The fraction of sp³-hybridized carbons (Fsp3) is 0.650. The minimum atomic E-state index is -3.56. The van der Waals surface area contributed by atoms with Gasteiger partial charge in [0.25, 0.3) is 0 Å². The van der Waals surface area contributed by atoms with Crippen molar-refractivity contribution in [1.82, 2.24) is 4.72 Å². The first-order valence-electron chi connectivity index (χ1n) is 9.41. The van der Waals surface area contributed by atoms with Gasteiger partial charge < -0.3 is 0 Å². The van der Waals surface area contributed by atoms with Gasteiger partial charge in [-0.2, -0.15) is 0 Å². The minimum Gasteiger partial charge on any atom is -0.295 e. The molecule has 0 heterocycles. The lowest BCUT2D eigenvalue weighted by atomic mass is 9.48. The number of carbonyl (C=O) groups excluding carboxylic acids is 1. The van der Waals surface area contributed by atoms with E-state index in [1.54, 1.807) is 12.1 Å². The summed E-state index contributed by atoms with van der Waals surface area (Å²) in [5, 5.41) is 0. The van der Waals surface area contributed by atoms with Crippen molar-refractivity contribution >= 4 is 15.8 Å². The van der Waals surface area contributed by atoms with Crippen molar-refractivity contribution in [2.75, 3.05) is 0 Å². The molecule has 0 aliphatic heterocycles. The van der Waals surface area contributed by atoms with Gasteiger partial charge in [0.2, 0.25) is 10.0 Å². The van der Waals surface area contributed by atoms with E-state index in [0.717, 1.165) is 17.8 Å². The molecule has 4 aliphatic carbocycles. The van der Waals surface area contributed by atoms with Crippen LogP contribution in [-0.4, -0.2) is 20.2 Å². The molecule has 5 rings (SSSR count). The third kappa shape index (κ3) is 3.06. The Labute approximate surface area is 150 Å². The van der Waals surface area contributed by atoms with Gasteiger partial charge in [-0.25, -0.2) is 13.1 Å². The molecule has 1 unspecified atom stereocenters. The summed E-state index contributed by atoms with van der Waals surface area (Å²) in [5.41, 5.74) is 0.675. The van der Waals surface area contributed by atoms with Crippen molar-refractivity contribution in [3.05, 3.63) is 29.8 Å². The molecule has 0 spiro atoms. The molecule has 4 nitrogen and oxygen atoms in total. The Morgan fingerprint density at radius 1 is 1.04 bits per heavy atom. The molecule has 0 aromatic heterocycles. The molecule has 4 saturated carbocycles. The smallest absolute Gasteiger partial charge is 0.240 e. The van der Waals surface area contributed by atoms with Crippen molar-refractivity contribution in [2.24, 2.45) is 23.2 Å². The van der Waals surface area contributed by atoms with Crippen LogP contribution in [-0.2, 0) is 10.0 Å². The van der Waals surface area contributed by atoms with Crippen LogP contribution in [0.4, 0.5) is 0 Å². The van der Waals surface area contributed by atoms with Crippen LogP contribution in [0.1, 0.15) is 62.7 Å². The largest absolute Gasteiger partial charge is 0.295 e. The minimum absolute atomic E-state index is 0.0432. The number of sulfonamides is 1. The zero-order chi connectivity index (χ0) is 17.8. The highest BCUT2D eigenvalue weighted by molar-refractivity contribution is 7.89. The van der Waals surface area contributed by atoms with Crippen LogP contribution in [0.2, 0.25) is 0 Å². The maximum Gasteiger partial charge on any atom is 0.240 e. The van der Waals surface area contributed by atoms with Gasteiger partial charge in [0, 0.05) is 11.6 Å². The fourth-order valence-electron chi connectivity index (χ4n) is 6.00. The normalized spacial score (nSPS) is 34.9. The number of Topliss-reactive ketones (excluding diaryl/α,β-unsaturated/α-hetero) is 1. The Bertz CT molecular complexity index is 746. The molecule has 4 fully saturated rings. The predicted molar refractivity (Wildman–Crippen MR) is 96.8 cm³/mol. The molecule has 5 heteroatoms. The number of hydrogen-bond acceptors (Lipinski definition) is 3. The lowest BCUT2D eigenvalue weighted by molar-refractivity contribution is -0.0666. The van der Waals surface area contributed by atoms with Gasteiger partial charge in [-0.15, -0.1) is 0 Å². The van der Waals surface area contributed by atoms with Gasteiger partial charge in [-0.1, -0.05) is 12.1 Å². The first-order valence-corrected chi connectivity index (χ1v) is 10.9. The average Bonchev–Trinajstić information content (AvgIpc) is 2.53. The summed E-state index contributed by atoms with van der Waals surface area (Å²) in [6.45, 7) is 3.53. The summed E-state index contributed by atoms with van der Waals surface area (Å²) in [7, 11) is -3.56. The van der Waals surface area contributed by atoms with Crippen molar-refractivity contribution < 1.29 is 13.2 Å². The van der Waals surface area contributed by atoms with Gasteiger partial charge in [0.05, 0.1) is 4.90 Å². The van der Waals surface area contributed by atoms with Crippen LogP contribution in [0.5, 0.6) is 0 Å². The first-order chi connectivity index (χ1) is 11.8. The first kappa shape index (κ1) is 17.2. The van der Waals surface area contributed by atoms with Gasteiger partial charge in [-0.3, -0.25) is 4.79 Å². The lowest BCUT2D eigenvalue weighted by Gasteiger charge is -2.59. The van der Waals surface area contributed by atoms with E-state index in [1.807, 2.05) is 0 Å². The molecule has 0 radical (unpaired) electrons. The molecule has 136 valence electrons. The summed E-state index contributed by atoms with van der Waals surface area (Å²) >= 11 is 0. The maximum atomic E-state index is 12.8. The molecule has 1 N–H and O–H groups in total. The van der Waals surface area contributed by atoms with E-state index in [4.69, 9.17) is 0 Å². The summed E-state index contributed by atoms with van der Waals surface area (Å²) in [6, 6.07) is 6.20. The molecule has 0 amide bonds. The third-order valence-electron chi connectivity index (χ3n) is 6.91. The SMILES string of the molecule is CC(=O)c1ccc(S(=O)(=O)NC(C)C23CC4CC(CC(C4)C2)C3)cc1. The molecular formula is C20H27NO3S. The zero-order valence-electron chi connectivity index (χ0n) is 15.0. The molecule has 4 aliphatic rings. The highest BCUT2D eigenvalue weighted by Crippen LogP contribution is 2.61. The van der Waals surface area contributed by atoms with Crippen molar-refractivity contribution in [2.45, 2.75) is 63.3 Å². The second kappa shape index (κ2) is 5.92. The average molecular weight is 362 g/mol. The lowest BCUT2D eigenvalue weighted by Crippen LogP contribution is -2.55. The third-order valence-corrected chi connectivity index (χ3v) is 8.46. The van der Waals surface area contributed by atoms with E-state index in [0.29, 0.717) is 5.56 Å². The van der Waals surface area contributed by atoms with Crippen LogP contribution < -0.4 is 4.72 Å². The van der Waals surface area contributed by atoms with E-state index in [9.17, 15) is 13.2 Å². The van der Waals surface area contributed by atoms with Gasteiger partial charge in [0.15, 0.2) is 5.78 Å². The second-order valence-electron chi connectivity index (χ2n) is 8.70. The Balaban J connectivity index is 1.53. The van der Waals surface area contributed by atoms with Crippen molar-refractivity contribution in [3.8, 4) is 0 Å². The Morgan fingerprint density at radius 2 is 1.52 bits per heavy atom. The number of ketones is 1. The molecule has 25 heavy (non-hydrogen) atoms. The topological polar surface area (TPSA) is 63.2 Å². The van der Waals surface area contributed by atoms with E-state index in [-0.39, 0.29) is 22.1 Å². The molecule has 4 bridgehead atoms. The molecular weight excluding hydrogens is 334 g/mol. The van der Waals surface area contributed by atoms with Crippen LogP contribution in [0.25, 0.3) is 0 Å². The second-order valence-corrected chi connectivity index (χ2v) is 10.4. The van der Waals surface area contributed by atoms with Crippen LogP contribution in [0, 0.1) is 23.2 Å². The summed E-state index contributed by atoms with van der Waals surface area (Å²) < 4.78 is 28.6. The molecule has 1 atom stereocenters. The fourth-order valence-corrected chi connectivity index (χ4v) is 7.35. The van der Waals surface area contributed by atoms with Gasteiger partial charge in [-0.05, 0) is 87.7 Å². The number of hydrogen-bond donors (Lipinski definition) is 1. The molecule has 0 saturated heterocycles. The zero-order valence-corrected chi connectivity index (χ0v) is 15.8. The highest BCUT2D eigenvalue weighted by atomic mass is 32.2. The molecule has 1 aromatic rings. The van der Waals surface area contributed by atoms with Crippen molar-refractivity contribution in [1.29, 1.82) is 0 Å². The monoisotopic (exact) mass is 361 g/mol. The Hall–Kier alpha value is -1.20. The van der Waals surface area contributed by atoms with E-state index < -0.39 is 10.0 Å². The maximum absolute atomic E-state index is 12.8. The van der Waals surface area contributed by atoms with E-state index in [1.165, 1.54) is 57.6 Å². The van der Waals surface area contributed by atoms with E-state index in [2.05, 4.69) is 11.6 Å². The quantitative estimate of drug-likeness (QED) is 0.812. The number of rotatable bonds is 5. The van der Waals surface area contributed by atoms with Crippen LogP contribution in [0.3, 0.4) is 0 Å². The molecule has 1 aromatic carbocycles. The Kier molecular flexibility index (Phi) is 4.08. The van der Waals surface area contributed by atoms with E-state index >= 15 is 0 Å². The standard InChI is InChI=1S/C20H27NO3S/c1-13(22)18-3-5-19(6-4-18)25(23,24)21-14(2)20-10-15-7-16(11-20)9-17(8-15)12-20/h3-6,14-17,21H,7-12H2,1-2H3. The summed E-state index contributed by atoms with van der Waals surface area (Å²) in [5.74, 6) is 2.34. The van der Waals surface area contributed by atoms with Crippen LogP contribution >= 0.6 is 0 Å². The Morgan fingerprint density at radius 3 is 1.96 bits per heavy atom. The number of benzene rings is 1. The van der Waals surface area contributed by atoms with Gasteiger partial charge >= 0.3 is 0 Å². The summed E-state index contributed by atoms with van der Waals surface area (Å²) in [4.78, 5) is 11.6.